The Morgan fingerprint density at radius 1 is 1.32 bits per heavy atom. The molecule has 0 saturated heterocycles. The van der Waals surface area contributed by atoms with E-state index in [-0.39, 0.29) is 5.41 Å². The van der Waals surface area contributed by atoms with E-state index >= 15 is 0 Å². The van der Waals surface area contributed by atoms with E-state index in [2.05, 4.69) is 4.98 Å². The Labute approximate surface area is 112 Å². The second kappa shape index (κ2) is 4.85. The zero-order valence-electron chi connectivity index (χ0n) is 11.3. The SMILES string of the molecule is COc1ccc2nc(C3(CN)CCCCC3)oc2c1. The zero-order chi connectivity index (χ0) is 13.3. The molecule has 2 aromatic rings. The number of ether oxygens (including phenoxy) is 1. The predicted octanol–water partition coefficient (Wildman–Crippen LogP) is 3.00. The van der Waals surface area contributed by atoms with Gasteiger partial charge in [0.05, 0.1) is 12.5 Å². The van der Waals surface area contributed by atoms with Crippen LogP contribution in [0.15, 0.2) is 22.6 Å². The molecule has 1 aromatic heterocycles. The Balaban J connectivity index is 2.03. The first-order valence-corrected chi connectivity index (χ1v) is 6.92. The maximum Gasteiger partial charge on any atom is 0.202 e. The van der Waals surface area contributed by atoms with Crippen LogP contribution in [0.25, 0.3) is 11.1 Å². The fourth-order valence-corrected chi connectivity index (χ4v) is 2.99. The summed E-state index contributed by atoms with van der Waals surface area (Å²) in [6.45, 7) is 0.608. The number of nitrogens with two attached hydrogens (primary N) is 1. The van der Waals surface area contributed by atoms with Gasteiger partial charge in [-0.25, -0.2) is 4.98 Å². The Bertz CT molecular complexity index is 571. The average Bonchev–Trinajstić information content (AvgIpc) is 2.91. The molecule has 0 amide bonds. The van der Waals surface area contributed by atoms with E-state index in [9.17, 15) is 0 Å². The molecule has 1 aliphatic rings. The third-order valence-corrected chi connectivity index (χ3v) is 4.25. The molecule has 3 rings (SSSR count). The summed E-state index contributed by atoms with van der Waals surface area (Å²) in [6, 6.07) is 5.73. The summed E-state index contributed by atoms with van der Waals surface area (Å²) in [5, 5.41) is 0. The number of aromatic nitrogens is 1. The summed E-state index contributed by atoms with van der Waals surface area (Å²) < 4.78 is 11.2. The van der Waals surface area contributed by atoms with Crippen LogP contribution in [0.4, 0.5) is 0 Å². The molecule has 1 aliphatic carbocycles. The van der Waals surface area contributed by atoms with Crippen LogP contribution in [0.5, 0.6) is 5.75 Å². The van der Waals surface area contributed by atoms with Crippen molar-refractivity contribution in [1.82, 2.24) is 4.98 Å². The molecule has 0 atom stereocenters. The number of benzene rings is 1. The highest BCUT2D eigenvalue weighted by molar-refractivity contribution is 5.74. The number of hydrogen-bond donors (Lipinski definition) is 1. The van der Waals surface area contributed by atoms with E-state index in [4.69, 9.17) is 14.9 Å². The standard InChI is InChI=1S/C15H20N2O2/c1-18-11-5-6-12-13(9-11)19-14(17-12)15(10-16)7-3-2-4-8-15/h5-6,9H,2-4,7-8,10,16H2,1H3. The van der Waals surface area contributed by atoms with Crippen LogP contribution >= 0.6 is 0 Å². The molecule has 2 N–H and O–H groups in total. The van der Waals surface area contributed by atoms with Crippen molar-refractivity contribution in [3.63, 3.8) is 0 Å². The molecule has 19 heavy (non-hydrogen) atoms. The molecule has 1 heterocycles. The van der Waals surface area contributed by atoms with E-state index in [0.717, 1.165) is 35.6 Å². The minimum Gasteiger partial charge on any atom is -0.497 e. The molecule has 0 spiro atoms. The highest BCUT2D eigenvalue weighted by Crippen LogP contribution is 2.39. The first-order valence-electron chi connectivity index (χ1n) is 6.92. The molecule has 4 nitrogen and oxygen atoms in total. The van der Waals surface area contributed by atoms with Gasteiger partial charge in [0.1, 0.15) is 11.3 Å². The van der Waals surface area contributed by atoms with Crippen LogP contribution in [0, 0.1) is 0 Å². The first kappa shape index (κ1) is 12.5. The smallest absolute Gasteiger partial charge is 0.202 e. The monoisotopic (exact) mass is 260 g/mol. The molecule has 1 aromatic carbocycles. The number of hydrogen-bond acceptors (Lipinski definition) is 4. The molecule has 0 unspecified atom stereocenters. The topological polar surface area (TPSA) is 61.3 Å². The quantitative estimate of drug-likeness (QED) is 0.921. The van der Waals surface area contributed by atoms with Crippen molar-refractivity contribution in [2.45, 2.75) is 37.5 Å². The Hall–Kier alpha value is -1.55. The number of fused-ring (bicyclic) bond motifs is 1. The lowest BCUT2D eigenvalue weighted by molar-refractivity contribution is 0.247. The molecular weight excluding hydrogens is 240 g/mol. The van der Waals surface area contributed by atoms with Crippen LogP contribution in [-0.4, -0.2) is 18.6 Å². The predicted molar refractivity (Wildman–Crippen MR) is 74.4 cm³/mol. The summed E-state index contributed by atoms with van der Waals surface area (Å²) >= 11 is 0. The van der Waals surface area contributed by atoms with Crippen molar-refractivity contribution in [1.29, 1.82) is 0 Å². The van der Waals surface area contributed by atoms with Crippen molar-refractivity contribution < 1.29 is 9.15 Å². The van der Waals surface area contributed by atoms with Crippen LogP contribution in [0.3, 0.4) is 0 Å². The van der Waals surface area contributed by atoms with Gasteiger partial charge < -0.3 is 14.9 Å². The molecule has 1 fully saturated rings. The lowest BCUT2D eigenvalue weighted by Crippen LogP contribution is -2.37. The van der Waals surface area contributed by atoms with E-state index in [0.29, 0.717) is 6.54 Å². The summed E-state index contributed by atoms with van der Waals surface area (Å²) in [5.74, 6) is 1.60. The normalized spacial score (nSPS) is 18.6. The second-order valence-corrected chi connectivity index (χ2v) is 5.40. The summed E-state index contributed by atoms with van der Waals surface area (Å²) in [6.07, 6.45) is 5.86. The zero-order valence-corrected chi connectivity index (χ0v) is 11.3. The maximum absolute atomic E-state index is 6.02. The van der Waals surface area contributed by atoms with Gasteiger partial charge in [-0.3, -0.25) is 0 Å². The highest BCUT2D eigenvalue weighted by atomic mass is 16.5. The molecule has 0 radical (unpaired) electrons. The van der Waals surface area contributed by atoms with E-state index in [1.165, 1.54) is 19.3 Å². The Kier molecular flexibility index (Phi) is 3.19. The van der Waals surface area contributed by atoms with Crippen molar-refractivity contribution in [3.05, 3.63) is 24.1 Å². The van der Waals surface area contributed by atoms with Gasteiger partial charge in [-0.2, -0.15) is 0 Å². The Morgan fingerprint density at radius 2 is 2.11 bits per heavy atom. The van der Waals surface area contributed by atoms with Crippen LogP contribution < -0.4 is 10.5 Å². The van der Waals surface area contributed by atoms with Crippen molar-refractivity contribution >= 4 is 11.1 Å². The van der Waals surface area contributed by atoms with Gasteiger partial charge in [0, 0.05) is 12.6 Å². The molecule has 0 bridgehead atoms. The average molecular weight is 260 g/mol. The fraction of sp³-hybridized carbons (Fsp3) is 0.533. The Morgan fingerprint density at radius 3 is 2.79 bits per heavy atom. The van der Waals surface area contributed by atoms with Crippen LogP contribution in [0.2, 0.25) is 0 Å². The minimum absolute atomic E-state index is 0.0650. The van der Waals surface area contributed by atoms with Gasteiger partial charge in [0.2, 0.25) is 5.89 Å². The second-order valence-electron chi connectivity index (χ2n) is 5.40. The first-order chi connectivity index (χ1) is 9.27. The number of oxazole rings is 1. The van der Waals surface area contributed by atoms with Gasteiger partial charge >= 0.3 is 0 Å². The van der Waals surface area contributed by atoms with Gasteiger partial charge in [0.15, 0.2) is 5.58 Å². The molecule has 4 heteroatoms. The molecule has 0 aliphatic heterocycles. The lowest BCUT2D eigenvalue weighted by atomic mass is 9.74. The van der Waals surface area contributed by atoms with Crippen molar-refractivity contribution in [3.8, 4) is 5.75 Å². The van der Waals surface area contributed by atoms with Crippen LogP contribution in [-0.2, 0) is 5.41 Å². The summed E-state index contributed by atoms with van der Waals surface area (Å²) in [7, 11) is 1.65. The summed E-state index contributed by atoms with van der Waals surface area (Å²) in [4.78, 5) is 4.65. The van der Waals surface area contributed by atoms with Gasteiger partial charge in [-0.15, -0.1) is 0 Å². The maximum atomic E-state index is 6.02. The highest BCUT2D eigenvalue weighted by Gasteiger charge is 2.37. The number of rotatable bonds is 3. The van der Waals surface area contributed by atoms with Gasteiger partial charge in [-0.1, -0.05) is 19.3 Å². The van der Waals surface area contributed by atoms with Crippen LogP contribution in [0.1, 0.15) is 38.0 Å². The van der Waals surface area contributed by atoms with Gasteiger partial charge in [0.25, 0.3) is 0 Å². The largest absolute Gasteiger partial charge is 0.497 e. The molecular formula is C15H20N2O2. The van der Waals surface area contributed by atoms with E-state index < -0.39 is 0 Å². The van der Waals surface area contributed by atoms with Crippen molar-refractivity contribution in [2.24, 2.45) is 5.73 Å². The number of nitrogens with zero attached hydrogens (tertiary/aromatic N) is 1. The lowest BCUT2D eigenvalue weighted by Gasteiger charge is -2.32. The van der Waals surface area contributed by atoms with E-state index in [1.54, 1.807) is 7.11 Å². The van der Waals surface area contributed by atoms with Crippen molar-refractivity contribution in [2.75, 3.05) is 13.7 Å². The minimum atomic E-state index is -0.0650. The number of methoxy groups -OCH3 is 1. The van der Waals surface area contributed by atoms with E-state index in [1.807, 2.05) is 18.2 Å². The molecule has 1 saturated carbocycles. The third kappa shape index (κ3) is 2.10. The fourth-order valence-electron chi connectivity index (χ4n) is 2.99. The summed E-state index contributed by atoms with van der Waals surface area (Å²) in [5.41, 5.74) is 7.63. The third-order valence-electron chi connectivity index (χ3n) is 4.25. The molecule has 102 valence electrons. The van der Waals surface area contributed by atoms with Gasteiger partial charge in [-0.05, 0) is 25.0 Å².